The Morgan fingerprint density at radius 1 is 0.556 bits per heavy atom. The highest BCUT2D eigenvalue weighted by Crippen LogP contribution is 2.46. The molecule has 0 N–H and O–H groups in total. The van der Waals surface area contributed by atoms with Crippen LogP contribution in [-0.2, 0) is 12.4 Å². The number of hydrogen-bond donors (Lipinski definition) is 0. The maximum Gasteiger partial charge on any atom is 0.416 e. The van der Waals surface area contributed by atoms with Crippen molar-refractivity contribution in [2.45, 2.75) is 39.0 Å². The van der Waals surface area contributed by atoms with E-state index in [9.17, 15) is 26.3 Å². The SMILES string of the molecule is Cc1ccc(N2c3ccc(C(F)(F)F)cc3B3c4ccccc4N(c4ccc(C(F)(F)F)cc4)c4cc(C(C)C)cc2c43)cc1. The Balaban J connectivity index is 1.57. The van der Waals surface area contributed by atoms with E-state index < -0.39 is 30.2 Å². The van der Waals surface area contributed by atoms with Crippen LogP contribution in [0.4, 0.5) is 60.5 Å². The predicted octanol–water partition coefficient (Wildman–Crippen LogP) is 9.24. The van der Waals surface area contributed by atoms with E-state index in [0.29, 0.717) is 22.5 Å². The van der Waals surface area contributed by atoms with Gasteiger partial charge in [0.15, 0.2) is 0 Å². The zero-order valence-corrected chi connectivity index (χ0v) is 24.6. The first-order chi connectivity index (χ1) is 21.3. The first-order valence-electron chi connectivity index (χ1n) is 14.6. The number of halogens is 6. The molecule has 226 valence electrons. The summed E-state index contributed by atoms with van der Waals surface area (Å²) in [5.41, 5.74) is 6.83. The molecule has 0 saturated heterocycles. The summed E-state index contributed by atoms with van der Waals surface area (Å²) in [6.07, 6.45) is -9.04. The fourth-order valence-corrected chi connectivity index (χ4v) is 6.53. The van der Waals surface area contributed by atoms with E-state index in [-0.39, 0.29) is 5.92 Å². The van der Waals surface area contributed by atoms with Gasteiger partial charge in [-0.3, -0.25) is 0 Å². The monoisotopic (exact) mass is 612 g/mol. The standard InChI is InChI=1S/C36H27BF6N2/c1-21(2)23-18-32-34-33(19-23)45(26-13-8-22(3)9-14-26)31-17-12-25(36(41,42)43)20-29(31)37(34)28-6-4-5-7-30(28)44(32)27-15-10-24(11-16-27)35(38,39)40/h4-21H,1-3H3. The van der Waals surface area contributed by atoms with Gasteiger partial charge < -0.3 is 9.80 Å². The van der Waals surface area contributed by atoms with E-state index in [1.54, 1.807) is 6.07 Å². The highest BCUT2D eigenvalue weighted by atomic mass is 19.4. The number of nitrogens with zero attached hydrogens (tertiary/aromatic N) is 2. The minimum Gasteiger partial charge on any atom is -0.311 e. The van der Waals surface area contributed by atoms with E-state index in [0.717, 1.165) is 57.3 Å². The topological polar surface area (TPSA) is 6.48 Å². The lowest BCUT2D eigenvalue weighted by atomic mass is 9.33. The van der Waals surface area contributed by atoms with Crippen molar-refractivity contribution in [1.82, 2.24) is 0 Å². The van der Waals surface area contributed by atoms with E-state index >= 15 is 0 Å². The Kier molecular flexibility index (Phi) is 6.58. The number of benzene rings is 5. The van der Waals surface area contributed by atoms with Gasteiger partial charge in [-0.2, -0.15) is 26.3 Å². The molecule has 2 heterocycles. The largest absolute Gasteiger partial charge is 0.416 e. The summed E-state index contributed by atoms with van der Waals surface area (Å²) in [6, 6.07) is 28.3. The molecular weight excluding hydrogens is 585 g/mol. The van der Waals surface area contributed by atoms with Gasteiger partial charge in [0, 0.05) is 34.1 Å². The molecule has 2 nitrogen and oxygen atoms in total. The van der Waals surface area contributed by atoms with Crippen LogP contribution in [0.15, 0.2) is 103 Å². The van der Waals surface area contributed by atoms with Crippen LogP contribution in [0.1, 0.15) is 42.0 Å². The molecule has 0 fully saturated rings. The molecule has 5 aromatic rings. The molecule has 0 radical (unpaired) electrons. The lowest BCUT2D eigenvalue weighted by Gasteiger charge is -2.44. The molecule has 0 amide bonds. The fourth-order valence-electron chi connectivity index (χ4n) is 6.53. The van der Waals surface area contributed by atoms with Gasteiger partial charge in [-0.1, -0.05) is 55.8 Å². The minimum absolute atomic E-state index is 0.0884. The zero-order chi connectivity index (χ0) is 31.8. The van der Waals surface area contributed by atoms with Crippen LogP contribution < -0.4 is 26.2 Å². The van der Waals surface area contributed by atoms with Gasteiger partial charge in [0.25, 0.3) is 6.71 Å². The Morgan fingerprint density at radius 3 is 1.62 bits per heavy atom. The van der Waals surface area contributed by atoms with Gasteiger partial charge in [-0.15, -0.1) is 0 Å². The van der Waals surface area contributed by atoms with E-state index in [1.165, 1.54) is 18.2 Å². The predicted molar refractivity (Wildman–Crippen MR) is 169 cm³/mol. The van der Waals surface area contributed by atoms with Crippen molar-refractivity contribution < 1.29 is 26.3 Å². The van der Waals surface area contributed by atoms with Gasteiger partial charge >= 0.3 is 12.4 Å². The quantitative estimate of drug-likeness (QED) is 0.145. The molecule has 9 heteroatoms. The van der Waals surface area contributed by atoms with Crippen LogP contribution in [0, 0.1) is 6.92 Å². The Hall–Kier alpha value is -4.66. The van der Waals surface area contributed by atoms with Crippen LogP contribution in [0.3, 0.4) is 0 Å². The third-order valence-corrected chi connectivity index (χ3v) is 8.74. The Bertz CT molecular complexity index is 1930. The average Bonchev–Trinajstić information content (AvgIpc) is 3.00. The highest BCUT2D eigenvalue weighted by Gasteiger charge is 2.45. The van der Waals surface area contributed by atoms with Gasteiger partial charge in [-0.05, 0) is 102 Å². The van der Waals surface area contributed by atoms with Crippen molar-refractivity contribution in [1.29, 1.82) is 0 Å². The summed E-state index contributed by atoms with van der Waals surface area (Å²) in [7, 11) is 0. The number of rotatable bonds is 3. The second kappa shape index (κ2) is 10.2. The van der Waals surface area contributed by atoms with E-state index in [2.05, 4.69) is 19.9 Å². The third-order valence-electron chi connectivity index (χ3n) is 8.74. The summed E-state index contributed by atoms with van der Waals surface area (Å²) in [5, 5.41) is 0. The average molecular weight is 612 g/mol. The second-order valence-corrected chi connectivity index (χ2v) is 11.9. The van der Waals surface area contributed by atoms with Gasteiger partial charge in [0.05, 0.1) is 11.1 Å². The summed E-state index contributed by atoms with van der Waals surface area (Å²) < 4.78 is 83.1. The molecule has 2 aliphatic heterocycles. The van der Waals surface area contributed by atoms with Crippen molar-refractivity contribution in [3.05, 3.63) is 125 Å². The molecule has 2 aliphatic rings. The highest BCUT2D eigenvalue weighted by molar-refractivity contribution is 7.00. The molecule has 7 rings (SSSR count). The maximum absolute atomic E-state index is 14.2. The fraction of sp³-hybridized carbons (Fsp3) is 0.167. The Labute approximate surface area is 257 Å². The summed E-state index contributed by atoms with van der Waals surface area (Å²) >= 11 is 0. The number of hydrogen-bond acceptors (Lipinski definition) is 2. The first-order valence-corrected chi connectivity index (χ1v) is 14.6. The number of fused-ring (bicyclic) bond motifs is 4. The summed E-state index contributed by atoms with van der Waals surface area (Å²) in [6.45, 7) is 5.55. The maximum atomic E-state index is 14.2. The van der Waals surface area contributed by atoms with E-state index in [4.69, 9.17) is 0 Å². The van der Waals surface area contributed by atoms with Crippen molar-refractivity contribution in [3.63, 3.8) is 0 Å². The summed E-state index contributed by atoms with van der Waals surface area (Å²) in [4.78, 5) is 3.94. The first kappa shape index (κ1) is 29.1. The summed E-state index contributed by atoms with van der Waals surface area (Å²) in [5.74, 6) is 0.0884. The minimum atomic E-state index is -4.55. The normalized spacial score (nSPS) is 14.0. The van der Waals surface area contributed by atoms with Crippen LogP contribution >= 0.6 is 0 Å². The molecule has 5 aromatic carbocycles. The van der Waals surface area contributed by atoms with Crippen molar-refractivity contribution in [3.8, 4) is 0 Å². The lowest BCUT2D eigenvalue weighted by molar-refractivity contribution is -0.138. The van der Waals surface area contributed by atoms with Crippen LogP contribution in [-0.4, -0.2) is 6.71 Å². The molecule has 0 spiro atoms. The van der Waals surface area contributed by atoms with Gasteiger partial charge in [-0.25, -0.2) is 0 Å². The second-order valence-electron chi connectivity index (χ2n) is 11.9. The van der Waals surface area contributed by atoms with Crippen LogP contribution in [0.2, 0.25) is 0 Å². The van der Waals surface area contributed by atoms with Crippen molar-refractivity contribution in [2.75, 3.05) is 9.80 Å². The molecule has 0 aliphatic carbocycles. The number of aryl methyl sites for hydroxylation is 1. The number of alkyl halides is 6. The molecule has 0 atom stereocenters. The van der Waals surface area contributed by atoms with Crippen molar-refractivity contribution >= 4 is 57.2 Å². The van der Waals surface area contributed by atoms with Crippen LogP contribution in [0.25, 0.3) is 0 Å². The molecule has 0 bridgehead atoms. The van der Waals surface area contributed by atoms with Gasteiger partial charge in [0.2, 0.25) is 0 Å². The number of para-hydroxylation sites is 1. The number of anilines is 6. The molecular formula is C36H27BF6N2. The van der Waals surface area contributed by atoms with Gasteiger partial charge in [0.1, 0.15) is 0 Å². The third kappa shape index (κ3) is 4.76. The smallest absolute Gasteiger partial charge is 0.311 e. The van der Waals surface area contributed by atoms with E-state index in [1.807, 2.05) is 71.3 Å². The molecule has 0 aromatic heterocycles. The molecule has 45 heavy (non-hydrogen) atoms. The molecule has 0 unspecified atom stereocenters. The molecule has 0 saturated carbocycles. The van der Waals surface area contributed by atoms with Crippen molar-refractivity contribution in [2.24, 2.45) is 0 Å². The zero-order valence-electron chi connectivity index (χ0n) is 24.6. The Morgan fingerprint density at radius 2 is 1.07 bits per heavy atom. The lowest BCUT2D eigenvalue weighted by Crippen LogP contribution is -2.61. The van der Waals surface area contributed by atoms with Crippen LogP contribution in [0.5, 0.6) is 0 Å².